The van der Waals surface area contributed by atoms with Crippen LogP contribution in [-0.2, 0) is 4.74 Å². The molecule has 1 saturated carbocycles. The molecule has 1 aliphatic carbocycles. The predicted molar refractivity (Wildman–Crippen MR) is 106 cm³/mol. The highest BCUT2D eigenvalue weighted by molar-refractivity contribution is 5.94. The van der Waals surface area contributed by atoms with Gasteiger partial charge in [0.25, 0.3) is 11.8 Å². The molecule has 0 N–H and O–H groups in total. The summed E-state index contributed by atoms with van der Waals surface area (Å²) in [6.45, 7) is 2.56. The third-order valence-corrected chi connectivity index (χ3v) is 5.36. The van der Waals surface area contributed by atoms with E-state index in [0.29, 0.717) is 55.8 Å². The maximum atomic E-state index is 13.2. The molecule has 1 aromatic heterocycles. The molecule has 0 radical (unpaired) electrons. The zero-order valence-corrected chi connectivity index (χ0v) is 16.6. The van der Waals surface area contributed by atoms with Gasteiger partial charge in [-0.05, 0) is 49.1 Å². The Balaban J connectivity index is 1.44. The van der Waals surface area contributed by atoms with Crippen LogP contribution >= 0.6 is 0 Å². The largest absolute Gasteiger partial charge is 0.497 e. The highest BCUT2D eigenvalue weighted by Gasteiger charge is 2.32. The number of furan rings is 1. The third-order valence-electron chi connectivity index (χ3n) is 5.36. The lowest BCUT2D eigenvalue weighted by Gasteiger charge is -2.35. The molecule has 0 spiro atoms. The first kappa shape index (κ1) is 19.5. The minimum absolute atomic E-state index is 0.0334. The van der Waals surface area contributed by atoms with Crippen LogP contribution in [0.4, 0.5) is 0 Å². The molecule has 2 heterocycles. The van der Waals surface area contributed by atoms with Gasteiger partial charge < -0.3 is 23.7 Å². The molecule has 2 amide bonds. The monoisotopic (exact) mass is 398 g/mol. The van der Waals surface area contributed by atoms with Crippen LogP contribution < -0.4 is 4.74 Å². The van der Waals surface area contributed by atoms with Crippen LogP contribution in [0.15, 0.2) is 47.1 Å². The highest BCUT2D eigenvalue weighted by atomic mass is 16.5. The second kappa shape index (κ2) is 8.69. The fraction of sp³-hybridized carbons (Fsp3) is 0.455. The van der Waals surface area contributed by atoms with Crippen LogP contribution in [0.2, 0.25) is 0 Å². The van der Waals surface area contributed by atoms with Gasteiger partial charge in [-0.1, -0.05) is 6.07 Å². The maximum absolute atomic E-state index is 13.2. The van der Waals surface area contributed by atoms with Gasteiger partial charge in [-0.3, -0.25) is 9.59 Å². The Hall–Kier alpha value is -2.80. The number of hydrogen-bond donors (Lipinski definition) is 0. The van der Waals surface area contributed by atoms with E-state index < -0.39 is 0 Å². The fourth-order valence-electron chi connectivity index (χ4n) is 3.61. The average Bonchev–Trinajstić information content (AvgIpc) is 3.41. The summed E-state index contributed by atoms with van der Waals surface area (Å²) in [4.78, 5) is 29.4. The van der Waals surface area contributed by atoms with Crippen molar-refractivity contribution < 1.29 is 23.5 Å². The van der Waals surface area contributed by atoms with Crippen LogP contribution in [0.1, 0.15) is 33.8 Å². The van der Waals surface area contributed by atoms with Crippen molar-refractivity contribution in [3.05, 3.63) is 54.0 Å². The normalized spacial score (nSPS) is 19.1. The predicted octanol–water partition coefficient (Wildman–Crippen LogP) is 2.68. The van der Waals surface area contributed by atoms with Gasteiger partial charge in [0.1, 0.15) is 5.75 Å². The van der Waals surface area contributed by atoms with Crippen LogP contribution in [0.25, 0.3) is 0 Å². The third kappa shape index (κ3) is 4.79. The number of nitrogens with zero attached hydrogens (tertiary/aromatic N) is 2. The molecule has 7 nitrogen and oxygen atoms in total. The second-order valence-corrected chi connectivity index (χ2v) is 7.61. The van der Waals surface area contributed by atoms with E-state index in [9.17, 15) is 9.59 Å². The van der Waals surface area contributed by atoms with Gasteiger partial charge in [0.15, 0.2) is 5.76 Å². The van der Waals surface area contributed by atoms with E-state index in [1.807, 2.05) is 17.0 Å². The number of methoxy groups -OCH3 is 1. The minimum Gasteiger partial charge on any atom is -0.497 e. The number of hydrogen-bond acceptors (Lipinski definition) is 5. The molecule has 7 heteroatoms. The van der Waals surface area contributed by atoms with Crippen molar-refractivity contribution in [1.29, 1.82) is 0 Å². The summed E-state index contributed by atoms with van der Waals surface area (Å²) < 4.78 is 16.4. The van der Waals surface area contributed by atoms with E-state index in [1.165, 1.54) is 6.26 Å². The van der Waals surface area contributed by atoms with Crippen LogP contribution in [0.5, 0.6) is 5.75 Å². The summed E-state index contributed by atoms with van der Waals surface area (Å²) in [6, 6.07) is 10.6. The zero-order chi connectivity index (χ0) is 20.2. The van der Waals surface area contributed by atoms with Gasteiger partial charge in [-0.2, -0.15) is 0 Å². The van der Waals surface area contributed by atoms with Crippen LogP contribution in [0, 0.1) is 5.92 Å². The van der Waals surface area contributed by atoms with Crippen molar-refractivity contribution >= 4 is 11.8 Å². The van der Waals surface area contributed by atoms with E-state index in [1.54, 1.807) is 36.3 Å². The fourth-order valence-corrected chi connectivity index (χ4v) is 3.61. The van der Waals surface area contributed by atoms with Gasteiger partial charge in [-0.25, -0.2) is 0 Å². The summed E-state index contributed by atoms with van der Waals surface area (Å²) in [5, 5.41) is 0. The van der Waals surface area contributed by atoms with E-state index in [4.69, 9.17) is 13.9 Å². The molecule has 2 aromatic rings. The molecule has 1 atom stereocenters. The molecule has 2 aliphatic rings. The SMILES string of the molecule is COc1cccc(C(=O)N(CC2CC2)CC2CN(C(=O)c3ccco3)CCO2)c1. The van der Waals surface area contributed by atoms with Crippen LogP contribution in [-0.4, -0.2) is 67.6 Å². The molecule has 29 heavy (non-hydrogen) atoms. The van der Waals surface area contributed by atoms with E-state index in [-0.39, 0.29) is 17.9 Å². The highest BCUT2D eigenvalue weighted by Crippen LogP contribution is 2.30. The zero-order valence-electron chi connectivity index (χ0n) is 16.6. The molecule has 0 bridgehead atoms. The van der Waals surface area contributed by atoms with Gasteiger partial charge in [0.2, 0.25) is 0 Å². The van der Waals surface area contributed by atoms with Crippen molar-refractivity contribution in [1.82, 2.24) is 9.80 Å². The number of carbonyl (C=O) groups excluding carboxylic acids is 2. The Kier molecular flexibility index (Phi) is 5.85. The molecule has 2 fully saturated rings. The minimum atomic E-state index is -0.226. The Labute approximate surface area is 170 Å². The van der Waals surface area contributed by atoms with Crippen molar-refractivity contribution in [2.75, 3.05) is 39.9 Å². The second-order valence-electron chi connectivity index (χ2n) is 7.61. The molecule has 4 rings (SSSR count). The Bertz CT molecular complexity index is 847. The van der Waals surface area contributed by atoms with Gasteiger partial charge >= 0.3 is 0 Å². The van der Waals surface area contributed by atoms with E-state index in [2.05, 4.69) is 0 Å². The number of carbonyl (C=O) groups is 2. The maximum Gasteiger partial charge on any atom is 0.289 e. The number of rotatable bonds is 7. The lowest BCUT2D eigenvalue weighted by molar-refractivity contribution is -0.0342. The Morgan fingerprint density at radius 3 is 2.79 bits per heavy atom. The summed E-state index contributed by atoms with van der Waals surface area (Å²) >= 11 is 0. The van der Waals surface area contributed by atoms with Crippen molar-refractivity contribution in [2.45, 2.75) is 18.9 Å². The first-order chi connectivity index (χ1) is 14.1. The number of benzene rings is 1. The Morgan fingerprint density at radius 1 is 1.21 bits per heavy atom. The van der Waals surface area contributed by atoms with E-state index >= 15 is 0 Å². The van der Waals surface area contributed by atoms with Crippen molar-refractivity contribution in [3.8, 4) is 5.75 Å². The summed E-state index contributed by atoms with van der Waals surface area (Å²) in [6.07, 6.45) is 3.57. The average molecular weight is 398 g/mol. The topological polar surface area (TPSA) is 72.2 Å². The first-order valence-electron chi connectivity index (χ1n) is 10.0. The summed E-state index contributed by atoms with van der Waals surface area (Å²) in [7, 11) is 1.59. The lowest BCUT2D eigenvalue weighted by Crippen LogP contribution is -2.50. The summed E-state index contributed by atoms with van der Waals surface area (Å²) in [5.41, 5.74) is 0.601. The quantitative estimate of drug-likeness (QED) is 0.717. The van der Waals surface area contributed by atoms with Crippen molar-refractivity contribution in [2.24, 2.45) is 5.92 Å². The van der Waals surface area contributed by atoms with Gasteiger partial charge in [-0.15, -0.1) is 0 Å². The van der Waals surface area contributed by atoms with E-state index in [0.717, 1.165) is 12.8 Å². The molecular formula is C22H26N2O5. The number of amides is 2. The standard InChI is InChI=1S/C22H26N2O5/c1-27-18-5-2-4-17(12-18)21(25)24(13-16-7-8-16)15-19-14-23(9-11-28-19)22(26)20-6-3-10-29-20/h2-6,10,12,16,19H,7-9,11,13-15H2,1H3. The molecule has 1 aliphatic heterocycles. The molecule has 1 unspecified atom stereocenters. The summed E-state index contributed by atoms with van der Waals surface area (Å²) in [5.74, 6) is 1.36. The first-order valence-corrected chi connectivity index (χ1v) is 10.0. The molecule has 154 valence electrons. The lowest BCUT2D eigenvalue weighted by atomic mass is 10.1. The Morgan fingerprint density at radius 2 is 2.07 bits per heavy atom. The number of morpholine rings is 1. The molecule has 1 aromatic carbocycles. The number of ether oxygens (including phenoxy) is 2. The van der Waals surface area contributed by atoms with Crippen LogP contribution in [0.3, 0.4) is 0 Å². The van der Waals surface area contributed by atoms with Gasteiger partial charge in [0.05, 0.1) is 26.1 Å². The van der Waals surface area contributed by atoms with Gasteiger partial charge in [0, 0.05) is 31.7 Å². The molecular weight excluding hydrogens is 372 g/mol. The smallest absolute Gasteiger partial charge is 0.289 e. The van der Waals surface area contributed by atoms with Crippen molar-refractivity contribution in [3.63, 3.8) is 0 Å². The molecule has 1 saturated heterocycles.